The van der Waals surface area contributed by atoms with Gasteiger partial charge in [0.15, 0.2) is 0 Å². The predicted molar refractivity (Wildman–Crippen MR) is 122 cm³/mol. The maximum absolute atomic E-state index is 13.3. The number of piperidine rings is 1. The molecule has 3 rings (SSSR count). The second-order valence-corrected chi connectivity index (χ2v) is 9.39. The summed E-state index contributed by atoms with van der Waals surface area (Å²) in [6.07, 6.45) is 7.68. The molecule has 1 saturated heterocycles. The zero-order valence-corrected chi connectivity index (χ0v) is 19.1. The van der Waals surface area contributed by atoms with Gasteiger partial charge in [-0.25, -0.2) is 9.97 Å². The maximum Gasteiger partial charge on any atom is 0.226 e. The second-order valence-electron chi connectivity index (χ2n) is 9.39. The van der Waals surface area contributed by atoms with Crippen LogP contribution in [0.1, 0.15) is 52.5 Å². The number of nitrogens with one attached hydrogen (secondary N) is 1. The molecule has 1 fully saturated rings. The van der Waals surface area contributed by atoms with E-state index in [1.54, 1.807) is 12.4 Å². The highest BCUT2D eigenvalue weighted by Crippen LogP contribution is 2.37. The normalized spacial score (nSPS) is 15.9. The molecule has 1 N–H and O–H groups in total. The Morgan fingerprint density at radius 1 is 1.06 bits per heavy atom. The fraction of sp³-hybridized carbons (Fsp3) is 0.520. The summed E-state index contributed by atoms with van der Waals surface area (Å²) >= 11 is 0. The molecule has 0 aliphatic carbocycles. The van der Waals surface area contributed by atoms with E-state index in [1.807, 2.05) is 30.9 Å². The zero-order valence-electron chi connectivity index (χ0n) is 19.1. The number of benzene rings is 1. The summed E-state index contributed by atoms with van der Waals surface area (Å²) in [7, 11) is 0. The molecule has 0 radical (unpaired) electrons. The Hall–Kier alpha value is -2.76. The average Bonchev–Trinajstić information content (AvgIpc) is 2.74. The van der Waals surface area contributed by atoms with Crippen molar-refractivity contribution >= 4 is 11.8 Å². The van der Waals surface area contributed by atoms with Crippen molar-refractivity contribution in [2.24, 2.45) is 11.3 Å². The van der Waals surface area contributed by atoms with Gasteiger partial charge < -0.3 is 10.2 Å². The van der Waals surface area contributed by atoms with Gasteiger partial charge in [-0.15, -0.1) is 0 Å². The maximum atomic E-state index is 13.3. The van der Waals surface area contributed by atoms with E-state index in [1.165, 1.54) is 6.33 Å². The quantitative estimate of drug-likeness (QED) is 0.735. The third-order valence-corrected chi connectivity index (χ3v) is 5.92. The van der Waals surface area contributed by atoms with Crippen LogP contribution in [0.3, 0.4) is 0 Å². The molecule has 166 valence electrons. The molecule has 0 unspecified atom stereocenters. The van der Waals surface area contributed by atoms with Crippen molar-refractivity contribution < 1.29 is 9.59 Å². The molecule has 1 aromatic heterocycles. The molecule has 0 saturated carbocycles. The molecule has 31 heavy (non-hydrogen) atoms. The highest BCUT2D eigenvalue weighted by Gasteiger charge is 2.42. The van der Waals surface area contributed by atoms with Gasteiger partial charge in [-0.1, -0.05) is 38.1 Å². The molecule has 2 heterocycles. The molecule has 6 nitrogen and oxygen atoms in total. The minimum absolute atomic E-state index is 0.0813. The monoisotopic (exact) mass is 422 g/mol. The summed E-state index contributed by atoms with van der Waals surface area (Å²) in [5.74, 6) is 0.624. The smallest absolute Gasteiger partial charge is 0.226 e. The van der Waals surface area contributed by atoms with Crippen LogP contribution in [0, 0.1) is 11.3 Å². The van der Waals surface area contributed by atoms with Crippen molar-refractivity contribution in [2.45, 2.75) is 59.4 Å². The largest absolute Gasteiger partial charge is 0.353 e. The minimum Gasteiger partial charge on any atom is -0.353 e. The number of rotatable bonds is 7. The van der Waals surface area contributed by atoms with E-state index in [0.717, 1.165) is 16.7 Å². The molecular weight excluding hydrogens is 388 g/mol. The van der Waals surface area contributed by atoms with E-state index in [0.29, 0.717) is 44.7 Å². The Morgan fingerprint density at radius 2 is 1.74 bits per heavy atom. The summed E-state index contributed by atoms with van der Waals surface area (Å²) in [5, 5.41) is 3.13. The number of likely N-dealkylation sites (tertiary alicyclic amines) is 1. The van der Waals surface area contributed by atoms with Gasteiger partial charge in [-0.3, -0.25) is 9.59 Å². The lowest BCUT2D eigenvalue weighted by molar-refractivity contribution is -0.141. The Bertz CT molecular complexity index is 887. The number of carbonyl (C=O) groups excluding carboxylic acids is 2. The number of hydrogen-bond donors (Lipinski definition) is 1. The number of carbonyl (C=O) groups is 2. The van der Waals surface area contributed by atoms with Crippen LogP contribution >= 0.6 is 0 Å². The van der Waals surface area contributed by atoms with Crippen molar-refractivity contribution in [3.05, 3.63) is 48.5 Å². The standard InChI is InChI=1S/C25H34N4O2/c1-18(2)12-23(30)29-10-8-25(9-11-29,24(31)28-19(3)4)14-20-6-5-7-21(13-20)22-15-26-17-27-16-22/h5-7,13,15-19H,8-12,14H2,1-4H3,(H,28,31). The Labute approximate surface area is 185 Å². The van der Waals surface area contributed by atoms with Gasteiger partial charge in [0.2, 0.25) is 11.8 Å². The van der Waals surface area contributed by atoms with Gasteiger partial charge in [0.1, 0.15) is 6.33 Å². The van der Waals surface area contributed by atoms with Crippen molar-refractivity contribution in [1.29, 1.82) is 0 Å². The first-order valence-corrected chi connectivity index (χ1v) is 11.2. The fourth-order valence-electron chi connectivity index (χ4n) is 4.26. The van der Waals surface area contributed by atoms with Gasteiger partial charge >= 0.3 is 0 Å². The van der Waals surface area contributed by atoms with E-state index in [2.05, 4.69) is 41.3 Å². The third-order valence-electron chi connectivity index (χ3n) is 5.92. The third kappa shape index (κ3) is 5.90. The first-order chi connectivity index (χ1) is 14.8. The van der Waals surface area contributed by atoms with Crippen molar-refractivity contribution in [3.63, 3.8) is 0 Å². The first-order valence-electron chi connectivity index (χ1n) is 11.2. The van der Waals surface area contributed by atoms with E-state index in [9.17, 15) is 9.59 Å². The topological polar surface area (TPSA) is 75.2 Å². The Morgan fingerprint density at radius 3 is 2.35 bits per heavy atom. The Kier molecular flexibility index (Phi) is 7.42. The van der Waals surface area contributed by atoms with Crippen LogP contribution in [0.4, 0.5) is 0 Å². The molecular formula is C25H34N4O2. The fourth-order valence-corrected chi connectivity index (χ4v) is 4.26. The highest BCUT2D eigenvalue weighted by atomic mass is 16.2. The summed E-state index contributed by atoms with van der Waals surface area (Å²) < 4.78 is 0. The lowest BCUT2D eigenvalue weighted by Crippen LogP contribution is -2.52. The molecule has 2 amide bonds. The van der Waals surface area contributed by atoms with Crippen molar-refractivity contribution in [1.82, 2.24) is 20.2 Å². The Balaban J connectivity index is 1.81. The van der Waals surface area contributed by atoms with Gasteiger partial charge in [0, 0.05) is 43.5 Å². The van der Waals surface area contributed by atoms with Crippen molar-refractivity contribution in [3.8, 4) is 11.1 Å². The van der Waals surface area contributed by atoms with Crippen molar-refractivity contribution in [2.75, 3.05) is 13.1 Å². The molecule has 0 spiro atoms. The first kappa shape index (κ1) is 22.9. The molecule has 0 bridgehead atoms. The lowest BCUT2D eigenvalue weighted by atomic mass is 9.72. The molecule has 6 heteroatoms. The number of hydrogen-bond acceptors (Lipinski definition) is 4. The lowest BCUT2D eigenvalue weighted by Gasteiger charge is -2.41. The SMILES string of the molecule is CC(C)CC(=O)N1CCC(Cc2cccc(-c3cncnc3)c2)(C(=O)NC(C)C)CC1. The van der Waals surface area contributed by atoms with E-state index < -0.39 is 5.41 Å². The number of nitrogens with zero attached hydrogens (tertiary/aromatic N) is 3. The summed E-state index contributed by atoms with van der Waals surface area (Å²) in [5.41, 5.74) is 2.61. The van der Waals surface area contributed by atoms with E-state index >= 15 is 0 Å². The van der Waals surface area contributed by atoms with E-state index in [-0.39, 0.29) is 17.9 Å². The molecule has 1 aliphatic rings. The van der Waals surface area contributed by atoms with E-state index in [4.69, 9.17) is 0 Å². The van der Waals surface area contributed by atoms with Gasteiger partial charge in [-0.2, -0.15) is 0 Å². The summed E-state index contributed by atoms with van der Waals surface area (Å²) in [4.78, 5) is 36.0. The van der Waals surface area contributed by atoms with Gasteiger partial charge in [0.05, 0.1) is 5.41 Å². The van der Waals surface area contributed by atoms with Crippen LogP contribution in [0.25, 0.3) is 11.1 Å². The van der Waals surface area contributed by atoms with Crippen LogP contribution in [0.15, 0.2) is 43.0 Å². The summed E-state index contributed by atoms with van der Waals surface area (Å²) in [6.45, 7) is 9.36. The minimum atomic E-state index is -0.509. The molecule has 2 aromatic rings. The van der Waals surface area contributed by atoms with Crippen LogP contribution < -0.4 is 5.32 Å². The highest BCUT2D eigenvalue weighted by molar-refractivity contribution is 5.84. The summed E-state index contributed by atoms with van der Waals surface area (Å²) in [6, 6.07) is 8.34. The second kappa shape index (κ2) is 10.0. The van der Waals surface area contributed by atoms with Gasteiger partial charge in [-0.05, 0) is 50.2 Å². The molecule has 1 aliphatic heterocycles. The van der Waals surface area contributed by atoms with Crippen LogP contribution in [0.2, 0.25) is 0 Å². The van der Waals surface area contributed by atoms with Crippen LogP contribution in [0.5, 0.6) is 0 Å². The van der Waals surface area contributed by atoms with Crippen LogP contribution in [-0.4, -0.2) is 45.8 Å². The molecule has 1 aromatic carbocycles. The average molecular weight is 423 g/mol. The number of amides is 2. The van der Waals surface area contributed by atoms with Crippen LogP contribution in [-0.2, 0) is 16.0 Å². The predicted octanol–water partition coefficient (Wildman–Crippen LogP) is 3.87. The van der Waals surface area contributed by atoms with Gasteiger partial charge in [0.25, 0.3) is 0 Å². The number of aromatic nitrogens is 2. The molecule has 0 atom stereocenters. The zero-order chi connectivity index (χ0) is 22.4.